The zero-order valence-electron chi connectivity index (χ0n) is 8.31. The predicted molar refractivity (Wildman–Crippen MR) is 50.3 cm³/mol. The van der Waals surface area contributed by atoms with Crippen LogP contribution in [0.3, 0.4) is 0 Å². The molecule has 0 aliphatic carbocycles. The summed E-state index contributed by atoms with van der Waals surface area (Å²) in [7, 11) is 3.96. The molecule has 0 amide bonds. The summed E-state index contributed by atoms with van der Waals surface area (Å²) < 4.78 is 1.94. The van der Waals surface area contributed by atoms with E-state index in [0.717, 1.165) is 18.7 Å². The first kappa shape index (κ1) is 9.26. The molecule has 0 bridgehead atoms. The SMILES string of the molecule is CNCCc1c(C)nn(C)c1C. The molecule has 0 saturated heterocycles. The van der Waals surface area contributed by atoms with Crippen LogP contribution in [0.4, 0.5) is 0 Å². The molecule has 1 aromatic rings. The lowest BCUT2D eigenvalue weighted by atomic mass is 10.1. The van der Waals surface area contributed by atoms with Gasteiger partial charge in [0, 0.05) is 12.7 Å². The number of nitrogens with one attached hydrogen (secondary N) is 1. The minimum absolute atomic E-state index is 1.02. The summed E-state index contributed by atoms with van der Waals surface area (Å²) in [6.45, 7) is 5.20. The smallest absolute Gasteiger partial charge is 0.0628 e. The molecule has 0 fully saturated rings. The van der Waals surface area contributed by atoms with Crippen molar-refractivity contribution in [2.45, 2.75) is 20.3 Å². The van der Waals surface area contributed by atoms with E-state index in [0.29, 0.717) is 0 Å². The summed E-state index contributed by atoms with van der Waals surface area (Å²) in [6, 6.07) is 0. The highest BCUT2D eigenvalue weighted by molar-refractivity contribution is 5.24. The lowest BCUT2D eigenvalue weighted by molar-refractivity contribution is 0.728. The molecule has 0 aliphatic rings. The maximum absolute atomic E-state index is 4.35. The van der Waals surface area contributed by atoms with Crippen LogP contribution in [0.5, 0.6) is 0 Å². The van der Waals surface area contributed by atoms with Crippen molar-refractivity contribution in [3.63, 3.8) is 0 Å². The second kappa shape index (κ2) is 3.72. The van der Waals surface area contributed by atoms with Gasteiger partial charge in [-0.2, -0.15) is 5.10 Å². The van der Waals surface area contributed by atoms with E-state index in [1.54, 1.807) is 0 Å². The van der Waals surface area contributed by atoms with Crippen molar-refractivity contribution in [1.29, 1.82) is 0 Å². The van der Waals surface area contributed by atoms with Gasteiger partial charge in [0.05, 0.1) is 5.69 Å². The number of hydrogen-bond acceptors (Lipinski definition) is 2. The number of aromatic nitrogens is 2. The summed E-state index contributed by atoms with van der Waals surface area (Å²) in [5.74, 6) is 0. The molecule has 68 valence electrons. The standard InChI is InChI=1S/C9H17N3/c1-7-9(5-6-10-3)8(2)12(4)11-7/h10H,5-6H2,1-4H3. The molecule has 0 aliphatic heterocycles. The summed E-state index contributed by atoms with van der Waals surface area (Å²) in [6.07, 6.45) is 1.07. The Labute approximate surface area is 73.8 Å². The molecule has 12 heavy (non-hydrogen) atoms. The number of rotatable bonds is 3. The average Bonchev–Trinajstić information content (AvgIpc) is 2.25. The van der Waals surface area contributed by atoms with Crippen molar-refractivity contribution in [3.05, 3.63) is 17.0 Å². The molecule has 0 unspecified atom stereocenters. The van der Waals surface area contributed by atoms with E-state index in [1.165, 1.54) is 11.3 Å². The van der Waals surface area contributed by atoms with Crippen LogP contribution in [0.2, 0.25) is 0 Å². The Balaban J connectivity index is 2.82. The molecule has 1 aromatic heterocycles. The molecule has 1 heterocycles. The van der Waals surface area contributed by atoms with Gasteiger partial charge in [0.15, 0.2) is 0 Å². The van der Waals surface area contributed by atoms with Crippen molar-refractivity contribution < 1.29 is 0 Å². The molecule has 0 aromatic carbocycles. The lowest BCUT2D eigenvalue weighted by Crippen LogP contribution is -2.11. The average molecular weight is 167 g/mol. The van der Waals surface area contributed by atoms with Gasteiger partial charge in [0.1, 0.15) is 0 Å². The molecule has 0 spiro atoms. The zero-order valence-corrected chi connectivity index (χ0v) is 8.31. The fourth-order valence-electron chi connectivity index (χ4n) is 1.43. The number of hydrogen-bond donors (Lipinski definition) is 1. The Kier molecular flexibility index (Phi) is 2.87. The van der Waals surface area contributed by atoms with E-state index in [4.69, 9.17) is 0 Å². The second-order valence-corrected chi connectivity index (χ2v) is 3.13. The van der Waals surface area contributed by atoms with Crippen LogP contribution in [0, 0.1) is 13.8 Å². The topological polar surface area (TPSA) is 29.9 Å². The fraction of sp³-hybridized carbons (Fsp3) is 0.667. The molecule has 1 N–H and O–H groups in total. The fourth-order valence-corrected chi connectivity index (χ4v) is 1.43. The number of likely N-dealkylation sites (N-methyl/N-ethyl adjacent to an activating group) is 1. The van der Waals surface area contributed by atoms with E-state index in [2.05, 4.69) is 24.3 Å². The van der Waals surface area contributed by atoms with E-state index in [9.17, 15) is 0 Å². The van der Waals surface area contributed by atoms with Crippen LogP contribution < -0.4 is 5.32 Å². The van der Waals surface area contributed by atoms with Crippen LogP contribution in [0.15, 0.2) is 0 Å². The first-order valence-corrected chi connectivity index (χ1v) is 4.30. The van der Waals surface area contributed by atoms with Crippen molar-refractivity contribution in [1.82, 2.24) is 15.1 Å². The van der Waals surface area contributed by atoms with E-state index < -0.39 is 0 Å². The van der Waals surface area contributed by atoms with Gasteiger partial charge in [0.25, 0.3) is 0 Å². The normalized spacial score (nSPS) is 10.7. The van der Waals surface area contributed by atoms with Gasteiger partial charge in [-0.3, -0.25) is 4.68 Å². The summed E-state index contributed by atoms with van der Waals surface area (Å²) in [5, 5.41) is 7.50. The van der Waals surface area contributed by atoms with Gasteiger partial charge in [-0.05, 0) is 39.4 Å². The molecule has 3 nitrogen and oxygen atoms in total. The molecular formula is C9H17N3. The summed E-state index contributed by atoms with van der Waals surface area (Å²) >= 11 is 0. The lowest BCUT2D eigenvalue weighted by Gasteiger charge is -2.00. The second-order valence-electron chi connectivity index (χ2n) is 3.13. The summed E-state index contributed by atoms with van der Waals surface area (Å²) in [4.78, 5) is 0. The first-order chi connectivity index (χ1) is 5.66. The van der Waals surface area contributed by atoms with Gasteiger partial charge < -0.3 is 5.32 Å². The summed E-state index contributed by atoms with van der Waals surface area (Å²) in [5.41, 5.74) is 3.82. The third kappa shape index (κ3) is 1.67. The van der Waals surface area contributed by atoms with Crippen molar-refractivity contribution >= 4 is 0 Å². The third-order valence-corrected chi connectivity index (χ3v) is 2.28. The Morgan fingerprint density at radius 3 is 2.50 bits per heavy atom. The van der Waals surface area contributed by atoms with Crippen LogP contribution in [-0.4, -0.2) is 23.4 Å². The Morgan fingerprint density at radius 2 is 2.08 bits per heavy atom. The van der Waals surface area contributed by atoms with Gasteiger partial charge in [0.2, 0.25) is 0 Å². The van der Waals surface area contributed by atoms with Crippen LogP contribution >= 0.6 is 0 Å². The molecular weight excluding hydrogens is 150 g/mol. The minimum atomic E-state index is 1.02. The predicted octanol–water partition coefficient (Wildman–Crippen LogP) is 0.799. The van der Waals surface area contributed by atoms with Gasteiger partial charge in [-0.15, -0.1) is 0 Å². The monoisotopic (exact) mass is 167 g/mol. The van der Waals surface area contributed by atoms with Gasteiger partial charge >= 0.3 is 0 Å². The van der Waals surface area contributed by atoms with Gasteiger partial charge in [-0.25, -0.2) is 0 Å². The van der Waals surface area contributed by atoms with Crippen LogP contribution in [0.1, 0.15) is 17.0 Å². The highest BCUT2D eigenvalue weighted by atomic mass is 15.3. The maximum Gasteiger partial charge on any atom is 0.0628 e. The first-order valence-electron chi connectivity index (χ1n) is 4.30. The Hall–Kier alpha value is -0.830. The molecule has 0 atom stereocenters. The highest BCUT2D eigenvalue weighted by Crippen LogP contribution is 2.11. The van der Waals surface area contributed by atoms with E-state index in [-0.39, 0.29) is 0 Å². The largest absolute Gasteiger partial charge is 0.319 e. The quantitative estimate of drug-likeness (QED) is 0.721. The van der Waals surface area contributed by atoms with Crippen molar-refractivity contribution in [2.75, 3.05) is 13.6 Å². The van der Waals surface area contributed by atoms with Crippen molar-refractivity contribution in [2.24, 2.45) is 7.05 Å². The molecule has 1 rings (SSSR count). The molecule has 3 heteroatoms. The Morgan fingerprint density at radius 1 is 1.42 bits per heavy atom. The van der Waals surface area contributed by atoms with E-state index in [1.807, 2.05) is 18.8 Å². The number of aryl methyl sites for hydroxylation is 2. The Bertz CT molecular complexity index is 263. The maximum atomic E-state index is 4.35. The van der Waals surface area contributed by atoms with Crippen molar-refractivity contribution in [3.8, 4) is 0 Å². The highest BCUT2D eigenvalue weighted by Gasteiger charge is 2.07. The molecule has 0 radical (unpaired) electrons. The zero-order chi connectivity index (χ0) is 9.14. The van der Waals surface area contributed by atoms with E-state index >= 15 is 0 Å². The van der Waals surface area contributed by atoms with Crippen LogP contribution in [-0.2, 0) is 13.5 Å². The van der Waals surface area contributed by atoms with Crippen LogP contribution in [0.25, 0.3) is 0 Å². The minimum Gasteiger partial charge on any atom is -0.319 e. The number of nitrogens with zero attached hydrogens (tertiary/aromatic N) is 2. The van der Waals surface area contributed by atoms with Gasteiger partial charge in [-0.1, -0.05) is 0 Å². The molecule has 0 saturated carbocycles. The third-order valence-electron chi connectivity index (χ3n) is 2.28.